The molecule has 0 amide bonds. The van der Waals surface area contributed by atoms with Crippen molar-refractivity contribution in [2.75, 3.05) is 0 Å². The summed E-state index contributed by atoms with van der Waals surface area (Å²) < 4.78 is 9.33. The van der Waals surface area contributed by atoms with Gasteiger partial charge in [-0.1, -0.05) is 0 Å². The second-order valence-electron chi connectivity index (χ2n) is 3.72. The van der Waals surface area contributed by atoms with Crippen LogP contribution in [0.1, 0.15) is 27.2 Å². The second kappa shape index (κ2) is 4.05. The van der Waals surface area contributed by atoms with Crippen molar-refractivity contribution < 1.29 is 29.0 Å². The molecule has 0 bridgehead atoms. The van der Waals surface area contributed by atoms with E-state index >= 15 is 0 Å². The lowest BCUT2D eigenvalue weighted by atomic mass is 10.1. The fraction of sp³-hybridized carbons (Fsp3) is 0.500. The highest BCUT2D eigenvalue weighted by molar-refractivity contribution is 6.00. The van der Waals surface area contributed by atoms with E-state index in [9.17, 15) is 19.5 Å². The van der Waals surface area contributed by atoms with Gasteiger partial charge in [0.15, 0.2) is 5.76 Å². The molecule has 6 nitrogen and oxygen atoms in total. The highest BCUT2D eigenvalue weighted by Crippen LogP contribution is 2.34. The van der Waals surface area contributed by atoms with Gasteiger partial charge in [0.25, 0.3) is 0 Å². The van der Waals surface area contributed by atoms with Crippen molar-refractivity contribution in [3.8, 4) is 0 Å². The molecule has 0 aromatic heterocycles. The maximum atomic E-state index is 11.4. The molecule has 0 spiro atoms. The number of ketones is 1. The highest BCUT2D eigenvalue weighted by Gasteiger charge is 2.45. The lowest BCUT2D eigenvalue weighted by molar-refractivity contribution is -0.143. The Bertz CT molecular complexity index is 390. The molecule has 0 heterocycles. The largest absolute Gasteiger partial charge is 0.424 e. The van der Waals surface area contributed by atoms with Gasteiger partial charge in [0.2, 0.25) is 11.5 Å². The Labute approximate surface area is 91.8 Å². The summed E-state index contributed by atoms with van der Waals surface area (Å²) in [5.41, 5.74) is -1.62. The van der Waals surface area contributed by atoms with Gasteiger partial charge >= 0.3 is 11.9 Å². The van der Waals surface area contributed by atoms with E-state index in [1.165, 1.54) is 6.92 Å². The molecule has 1 aliphatic rings. The molecule has 1 aliphatic carbocycles. The van der Waals surface area contributed by atoms with Gasteiger partial charge in [-0.05, 0) is 6.92 Å². The molecule has 0 saturated carbocycles. The lowest BCUT2D eigenvalue weighted by Gasteiger charge is -2.18. The van der Waals surface area contributed by atoms with Gasteiger partial charge in [-0.25, -0.2) is 0 Å². The first-order chi connectivity index (χ1) is 7.24. The van der Waals surface area contributed by atoms with Crippen LogP contribution in [0.5, 0.6) is 0 Å². The monoisotopic (exact) mass is 228 g/mol. The summed E-state index contributed by atoms with van der Waals surface area (Å²) in [6.07, 6.45) is -0.280. The number of carbonyl (C=O) groups excluding carboxylic acids is 3. The molecule has 0 fully saturated rings. The third-order valence-electron chi connectivity index (χ3n) is 1.95. The van der Waals surface area contributed by atoms with Crippen LogP contribution in [0, 0.1) is 0 Å². The number of aliphatic hydroxyl groups is 1. The number of hydrogen-bond acceptors (Lipinski definition) is 6. The molecule has 0 radical (unpaired) electrons. The molecule has 0 aromatic rings. The van der Waals surface area contributed by atoms with Crippen LogP contribution in [0.25, 0.3) is 0 Å². The summed E-state index contributed by atoms with van der Waals surface area (Å²) in [5, 5.41) is 9.81. The smallest absolute Gasteiger partial charge is 0.308 e. The Hall–Kier alpha value is -1.69. The van der Waals surface area contributed by atoms with Crippen LogP contribution < -0.4 is 0 Å². The van der Waals surface area contributed by atoms with Gasteiger partial charge in [0, 0.05) is 13.8 Å². The van der Waals surface area contributed by atoms with Crippen LogP contribution in [0.4, 0.5) is 0 Å². The minimum atomic E-state index is -1.62. The summed E-state index contributed by atoms with van der Waals surface area (Å²) in [6, 6.07) is 0. The molecule has 1 atom stereocenters. The van der Waals surface area contributed by atoms with Gasteiger partial charge in [0.05, 0.1) is 6.42 Å². The van der Waals surface area contributed by atoms with Crippen LogP contribution >= 0.6 is 0 Å². The first-order valence-corrected chi connectivity index (χ1v) is 4.61. The van der Waals surface area contributed by atoms with Crippen molar-refractivity contribution >= 4 is 17.7 Å². The van der Waals surface area contributed by atoms with Crippen molar-refractivity contribution in [1.29, 1.82) is 0 Å². The third-order valence-corrected chi connectivity index (χ3v) is 1.95. The van der Waals surface area contributed by atoms with E-state index < -0.39 is 29.1 Å². The quantitative estimate of drug-likeness (QED) is 0.671. The molecule has 0 aromatic carbocycles. The maximum Gasteiger partial charge on any atom is 0.308 e. The number of hydrogen-bond donors (Lipinski definition) is 1. The van der Waals surface area contributed by atoms with Crippen molar-refractivity contribution in [2.45, 2.75) is 32.8 Å². The van der Waals surface area contributed by atoms with E-state index in [2.05, 4.69) is 4.74 Å². The molecule has 16 heavy (non-hydrogen) atoms. The molecule has 0 saturated heterocycles. The van der Waals surface area contributed by atoms with E-state index in [0.29, 0.717) is 0 Å². The SMILES string of the molecule is CC(=O)OC1=C(OC(C)=O)C(C)(O)CC1=O. The van der Waals surface area contributed by atoms with Crippen LogP contribution in [0.15, 0.2) is 11.5 Å². The molecule has 0 aliphatic heterocycles. The zero-order chi connectivity index (χ0) is 12.5. The summed E-state index contributed by atoms with van der Waals surface area (Å²) in [4.78, 5) is 33.0. The molecular weight excluding hydrogens is 216 g/mol. The number of Topliss-reactive ketones (excluding diaryl/α,β-unsaturated/α-hetero) is 1. The predicted octanol–water partition coefficient (Wildman–Crippen LogP) is 0.0480. The summed E-state index contributed by atoms with van der Waals surface area (Å²) >= 11 is 0. The van der Waals surface area contributed by atoms with Crippen molar-refractivity contribution in [2.24, 2.45) is 0 Å². The average molecular weight is 228 g/mol. The Kier molecular flexibility index (Phi) is 3.14. The van der Waals surface area contributed by atoms with Crippen molar-refractivity contribution in [1.82, 2.24) is 0 Å². The molecule has 1 unspecified atom stereocenters. The molecular formula is C10H12O6. The summed E-state index contributed by atoms with van der Waals surface area (Å²) in [7, 11) is 0. The Morgan fingerprint density at radius 2 is 1.75 bits per heavy atom. The van der Waals surface area contributed by atoms with E-state index in [1.807, 2.05) is 0 Å². The fourth-order valence-corrected chi connectivity index (χ4v) is 1.39. The van der Waals surface area contributed by atoms with Crippen molar-refractivity contribution in [3.63, 3.8) is 0 Å². The Morgan fingerprint density at radius 1 is 1.25 bits per heavy atom. The minimum absolute atomic E-state index is 0.280. The highest BCUT2D eigenvalue weighted by atomic mass is 16.6. The molecule has 6 heteroatoms. The minimum Gasteiger partial charge on any atom is -0.424 e. The lowest BCUT2D eigenvalue weighted by Crippen LogP contribution is -2.26. The zero-order valence-corrected chi connectivity index (χ0v) is 9.20. The average Bonchev–Trinajstić information content (AvgIpc) is 2.26. The number of rotatable bonds is 2. The fourth-order valence-electron chi connectivity index (χ4n) is 1.39. The molecule has 1 N–H and O–H groups in total. The van der Waals surface area contributed by atoms with E-state index in [1.54, 1.807) is 0 Å². The van der Waals surface area contributed by atoms with Gasteiger partial charge in [0.1, 0.15) is 5.60 Å². The predicted molar refractivity (Wildman–Crippen MR) is 50.8 cm³/mol. The Balaban J connectivity index is 3.13. The van der Waals surface area contributed by atoms with Crippen LogP contribution in [0.3, 0.4) is 0 Å². The van der Waals surface area contributed by atoms with E-state index in [4.69, 9.17) is 4.74 Å². The number of ether oxygens (including phenoxy) is 2. The summed E-state index contributed by atoms with van der Waals surface area (Å²) in [5.74, 6) is -2.69. The van der Waals surface area contributed by atoms with Crippen LogP contribution in [0.2, 0.25) is 0 Å². The first kappa shape index (κ1) is 12.4. The van der Waals surface area contributed by atoms with Gasteiger partial charge in [-0.3, -0.25) is 14.4 Å². The normalized spacial score (nSPS) is 24.6. The first-order valence-electron chi connectivity index (χ1n) is 4.61. The summed E-state index contributed by atoms with van der Waals surface area (Å²) in [6.45, 7) is 3.54. The van der Waals surface area contributed by atoms with E-state index in [0.717, 1.165) is 13.8 Å². The number of carbonyl (C=O) groups is 3. The van der Waals surface area contributed by atoms with Crippen molar-refractivity contribution in [3.05, 3.63) is 11.5 Å². The van der Waals surface area contributed by atoms with Crippen LogP contribution in [-0.2, 0) is 23.9 Å². The number of allylic oxidation sites excluding steroid dienone is 1. The van der Waals surface area contributed by atoms with Gasteiger partial charge < -0.3 is 14.6 Å². The van der Waals surface area contributed by atoms with Crippen LogP contribution in [-0.4, -0.2) is 28.4 Å². The maximum absolute atomic E-state index is 11.4. The van der Waals surface area contributed by atoms with Gasteiger partial charge in [-0.2, -0.15) is 0 Å². The van der Waals surface area contributed by atoms with Gasteiger partial charge in [-0.15, -0.1) is 0 Å². The molecule has 88 valence electrons. The van der Waals surface area contributed by atoms with E-state index in [-0.39, 0.29) is 12.2 Å². The topological polar surface area (TPSA) is 89.9 Å². The zero-order valence-electron chi connectivity index (χ0n) is 9.20. The molecule has 1 rings (SSSR count). The Morgan fingerprint density at radius 3 is 2.19 bits per heavy atom. The standard InChI is InChI=1S/C10H12O6/c1-5(11)15-8-7(13)4-10(3,14)9(8)16-6(2)12/h14H,4H2,1-3H3. The second-order valence-corrected chi connectivity index (χ2v) is 3.72. The number of esters is 2. The third kappa shape index (κ3) is 2.46.